The lowest BCUT2D eigenvalue weighted by atomic mass is 10.0. The molecule has 84 valence electrons. The van der Waals surface area contributed by atoms with Crippen LogP contribution in [0.15, 0.2) is 30.5 Å². The molecule has 1 unspecified atom stereocenters. The van der Waals surface area contributed by atoms with E-state index in [1.54, 1.807) is 23.0 Å². The molecule has 1 atom stereocenters. The monoisotopic (exact) mass is 219 g/mol. The first-order chi connectivity index (χ1) is 7.59. The predicted molar refractivity (Wildman–Crippen MR) is 61.2 cm³/mol. The van der Waals surface area contributed by atoms with E-state index in [1.807, 2.05) is 14.0 Å². The predicted octanol–water partition coefficient (Wildman–Crippen LogP) is 2.25. The van der Waals surface area contributed by atoms with Crippen molar-refractivity contribution in [2.45, 2.75) is 13.0 Å². The molecule has 3 nitrogen and oxygen atoms in total. The topological polar surface area (TPSA) is 43.8 Å². The number of benzene rings is 1. The fourth-order valence-corrected chi connectivity index (χ4v) is 1.75. The summed E-state index contributed by atoms with van der Waals surface area (Å²) in [6, 6.07) is 6.26. The lowest BCUT2D eigenvalue weighted by Crippen LogP contribution is -2.06. The zero-order chi connectivity index (χ0) is 11.7. The van der Waals surface area contributed by atoms with Crippen LogP contribution in [0, 0.1) is 5.82 Å². The number of nitrogens with zero attached hydrogens (tertiary/aromatic N) is 2. The number of halogens is 1. The number of nitrogens with two attached hydrogens (primary N) is 1. The van der Waals surface area contributed by atoms with Crippen molar-refractivity contribution in [2.75, 3.05) is 0 Å². The molecule has 0 aliphatic rings. The Morgan fingerprint density at radius 2 is 1.94 bits per heavy atom. The highest BCUT2D eigenvalue weighted by Crippen LogP contribution is 2.26. The minimum atomic E-state index is -0.242. The fourth-order valence-electron chi connectivity index (χ4n) is 1.75. The summed E-state index contributed by atoms with van der Waals surface area (Å²) in [5, 5.41) is 4.18. The fraction of sp³-hybridized carbons (Fsp3) is 0.250. The van der Waals surface area contributed by atoms with Gasteiger partial charge in [-0.15, -0.1) is 0 Å². The molecule has 16 heavy (non-hydrogen) atoms. The van der Waals surface area contributed by atoms with E-state index in [4.69, 9.17) is 5.73 Å². The van der Waals surface area contributed by atoms with Gasteiger partial charge in [-0.1, -0.05) is 0 Å². The van der Waals surface area contributed by atoms with E-state index in [1.165, 1.54) is 12.1 Å². The molecule has 1 heterocycles. The van der Waals surface area contributed by atoms with Crippen molar-refractivity contribution in [3.8, 4) is 11.3 Å². The van der Waals surface area contributed by atoms with Crippen molar-refractivity contribution in [1.29, 1.82) is 0 Å². The van der Waals surface area contributed by atoms with Crippen LogP contribution in [0.4, 0.5) is 4.39 Å². The standard InChI is InChI=1S/C12H14FN3/c1-8(14)11-7-15-16(2)12(11)9-3-5-10(13)6-4-9/h3-8H,14H2,1-2H3. The smallest absolute Gasteiger partial charge is 0.123 e. The Kier molecular flexibility index (Phi) is 2.75. The van der Waals surface area contributed by atoms with Gasteiger partial charge in [-0.25, -0.2) is 4.39 Å². The lowest BCUT2D eigenvalue weighted by molar-refractivity contribution is 0.628. The lowest BCUT2D eigenvalue weighted by Gasteiger charge is -2.08. The van der Waals surface area contributed by atoms with E-state index in [2.05, 4.69) is 5.10 Å². The number of aryl methyl sites for hydroxylation is 1. The second-order valence-electron chi connectivity index (χ2n) is 3.87. The van der Waals surface area contributed by atoms with Crippen molar-refractivity contribution in [3.05, 3.63) is 41.8 Å². The summed E-state index contributed by atoms with van der Waals surface area (Å²) in [4.78, 5) is 0. The van der Waals surface area contributed by atoms with Gasteiger partial charge in [0.15, 0.2) is 0 Å². The molecule has 1 aromatic heterocycles. The van der Waals surface area contributed by atoms with Crippen LogP contribution >= 0.6 is 0 Å². The highest BCUT2D eigenvalue weighted by Gasteiger charge is 2.13. The molecular weight excluding hydrogens is 205 g/mol. The number of hydrogen-bond acceptors (Lipinski definition) is 2. The van der Waals surface area contributed by atoms with Gasteiger partial charge in [0, 0.05) is 24.2 Å². The molecule has 0 fully saturated rings. The van der Waals surface area contributed by atoms with Gasteiger partial charge in [-0.05, 0) is 31.2 Å². The third-order valence-corrected chi connectivity index (χ3v) is 2.58. The van der Waals surface area contributed by atoms with Crippen LogP contribution in [-0.4, -0.2) is 9.78 Å². The van der Waals surface area contributed by atoms with Gasteiger partial charge in [0.25, 0.3) is 0 Å². The molecule has 0 radical (unpaired) electrons. The van der Waals surface area contributed by atoms with Crippen LogP contribution < -0.4 is 5.73 Å². The van der Waals surface area contributed by atoms with E-state index >= 15 is 0 Å². The SMILES string of the molecule is CC(N)c1cnn(C)c1-c1ccc(F)cc1. The van der Waals surface area contributed by atoms with Gasteiger partial charge in [-0.2, -0.15) is 5.10 Å². The van der Waals surface area contributed by atoms with Gasteiger partial charge in [-0.3, -0.25) is 4.68 Å². The third-order valence-electron chi connectivity index (χ3n) is 2.58. The van der Waals surface area contributed by atoms with Gasteiger partial charge >= 0.3 is 0 Å². The van der Waals surface area contributed by atoms with Gasteiger partial charge < -0.3 is 5.73 Å². The Balaban J connectivity index is 2.54. The van der Waals surface area contributed by atoms with Crippen LogP contribution in [0.1, 0.15) is 18.5 Å². The number of aromatic nitrogens is 2. The largest absolute Gasteiger partial charge is 0.324 e. The summed E-state index contributed by atoms with van der Waals surface area (Å²) in [6.45, 7) is 1.91. The second kappa shape index (κ2) is 4.06. The van der Waals surface area contributed by atoms with Crippen LogP contribution in [0.3, 0.4) is 0 Å². The molecule has 2 aromatic rings. The van der Waals surface area contributed by atoms with E-state index in [9.17, 15) is 4.39 Å². The summed E-state index contributed by atoms with van der Waals surface area (Å²) >= 11 is 0. The van der Waals surface area contributed by atoms with Crippen molar-refractivity contribution in [3.63, 3.8) is 0 Å². The molecule has 0 saturated heterocycles. The molecule has 2 N–H and O–H groups in total. The van der Waals surface area contributed by atoms with Crippen LogP contribution in [0.2, 0.25) is 0 Å². The first kappa shape index (κ1) is 10.8. The molecule has 0 spiro atoms. The minimum absolute atomic E-state index is 0.0891. The molecule has 0 bridgehead atoms. The zero-order valence-corrected chi connectivity index (χ0v) is 9.31. The normalized spacial score (nSPS) is 12.8. The molecule has 0 aliphatic heterocycles. The van der Waals surface area contributed by atoms with E-state index < -0.39 is 0 Å². The average Bonchev–Trinajstić information content (AvgIpc) is 2.62. The molecule has 1 aromatic carbocycles. The molecular formula is C12H14FN3. The van der Waals surface area contributed by atoms with Crippen molar-refractivity contribution >= 4 is 0 Å². The summed E-state index contributed by atoms with van der Waals surface area (Å²) in [5.41, 5.74) is 8.70. The maximum atomic E-state index is 12.8. The summed E-state index contributed by atoms with van der Waals surface area (Å²) in [6.07, 6.45) is 1.75. The van der Waals surface area contributed by atoms with Crippen LogP contribution in [-0.2, 0) is 7.05 Å². The highest BCUT2D eigenvalue weighted by molar-refractivity contribution is 5.63. The average molecular weight is 219 g/mol. The molecule has 0 aliphatic carbocycles. The summed E-state index contributed by atoms with van der Waals surface area (Å²) in [5.74, 6) is -0.242. The Bertz CT molecular complexity index is 485. The maximum Gasteiger partial charge on any atom is 0.123 e. The van der Waals surface area contributed by atoms with E-state index in [0.29, 0.717) is 0 Å². The molecule has 2 rings (SSSR count). The number of rotatable bonds is 2. The summed E-state index contributed by atoms with van der Waals surface area (Å²) in [7, 11) is 1.85. The summed E-state index contributed by atoms with van der Waals surface area (Å²) < 4.78 is 14.6. The number of hydrogen-bond donors (Lipinski definition) is 1. The molecule has 4 heteroatoms. The maximum absolute atomic E-state index is 12.8. The highest BCUT2D eigenvalue weighted by atomic mass is 19.1. The van der Waals surface area contributed by atoms with E-state index in [0.717, 1.165) is 16.8 Å². The Hall–Kier alpha value is -1.68. The Labute approximate surface area is 93.7 Å². The Morgan fingerprint density at radius 3 is 2.50 bits per heavy atom. The first-order valence-electron chi connectivity index (χ1n) is 5.13. The van der Waals surface area contributed by atoms with Gasteiger partial charge in [0.2, 0.25) is 0 Å². The Morgan fingerprint density at radius 1 is 1.31 bits per heavy atom. The van der Waals surface area contributed by atoms with Crippen molar-refractivity contribution in [1.82, 2.24) is 9.78 Å². The molecule has 0 amide bonds. The van der Waals surface area contributed by atoms with Crippen molar-refractivity contribution in [2.24, 2.45) is 12.8 Å². The first-order valence-corrected chi connectivity index (χ1v) is 5.13. The van der Waals surface area contributed by atoms with Gasteiger partial charge in [0.05, 0.1) is 11.9 Å². The minimum Gasteiger partial charge on any atom is -0.324 e. The van der Waals surface area contributed by atoms with Crippen LogP contribution in [0.25, 0.3) is 11.3 Å². The zero-order valence-electron chi connectivity index (χ0n) is 9.31. The third kappa shape index (κ3) is 1.84. The second-order valence-corrected chi connectivity index (χ2v) is 3.87. The van der Waals surface area contributed by atoms with E-state index in [-0.39, 0.29) is 11.9 Å². The molecule has 0 saturated carbocycles. The van der Waals surface area contributed by atoms with Crippen LogP contribution in [0.5, 0.6) is 0 Å². The van der Waals surface area contributed by atoms with Crippen molar-refractivity contribution < 1.29 is 4.39 Å². The van der Waals surface area contributed by atoms with Gasteiger partial charge in [0.1, 0.15) is 5.82 Å². The quantitative estimate of drug-likeness (QED) is 0.841.